The van der Waals surface area contributed by atoms with Crippen LogP contribution in [0.15, 0.2) is 48.5 Å². The highest BCUT2D eigenvalue weighted by molar-refractivity contribution is 5.94. The van der Waals surface area contributed by atoms with Gasteiger partial charge in [0.15, 0.2) is 0 Å². The van der Waals surface area contributed by atoms with Gasteiger partial charge in [-0.25, -0.2) is 0 Å². The zero-order valence-electron chi connectivity index (χ0n) is 11.4. The van der Waals surface area contributed by atoms with Gasteiger partial charge in [-0.2, -0.15) is 0 Å². The number of hydrogen-bond acceptors (Lipinski definition) is 2. The Morgan fingerprint density at radius 2 is 2.10 bits per heavy atom. The van der Waals surface area contributed by atoms with Crippen LogP contribution in [0, 0.1) is 6.92 Å². The summed E-state index contributed by atoms with van der Waals surface area (Å²) >= 11 is 0. The van der Waals surface area contributed by atoms with Crippen molar-refractivity contribution in [3.05, 3.63) is 65.2 Å². The zero-order chi connectivity index (χ0) is 13.9. The van der Waals surface area contributed by atoms with E-state index in [1.54, 1.807) is 0 Å². The van der Waals surface area contributed by atoms with Gasteiger partial charge in [-0.05, 0) is 30.7 Å². The molecule has 3 heteroatoms. The zero-order valence-corrected chi connectivity index (χ0v) is 11.4. The fourth-order valence-corrected chi connectivity index (χ4v) is 2.46. The fraction of sp³-hybridized carbons (Fsp3) is 0.235. The number of benzene rings is 2. The number of carbonyl (C=O) groups is 1. The first-order valence-corrected chi connectivity index (χ1v) is 6.82. The van der Waals surface area contributed by atoms with Crippen molar-refractivity contribution in [2.75, 3.05) is 6.54 Å². The van der Waals surface area contributed by atoms with Crippen molar-refractivity contribution >= 4 is 5.91 Å². The summed E-state index contributed by atoms with van der Waals surface area (Å²) in [5.74, 6) is 0.885. The molecule has 0 bridgehead atoms. The Labute approximate surface area is 118 Å². The highest BCUT2D eigenvalue weighted by atomic mass is 16.5. The second-order valence-electron chi connectivity index (χ2n) is 5.13. The standard InChI is InChI=1S/C17H17NO2/c1-12-5-4-7-14(9-12)17(19)18-11-15-10-13-6-2-3-8-16(13)20-15/h2-9,15H,10-11H2,1H3,(H,18,19). The molecule has 1 N–H and O–H groups in total. The molecule has 1 aliphatic heterocycles. The van der Waals surface area contributed by atoms with E-state index in [1.807, 2.05) is 49.4 Å². The van der Waals surface area contributed by atoms with E-state index in [4.69, 9.17) is 4.74 Å². The molecular formula is C17H17NO2. The highest BCUT2D eigenvalue weighted by Gasteiger charge is 2.22. The molecule has 0 saturated heterocycles. The number of fused-ring (bicyclic) bond motifs is 1. The topological polar surface area (TPSA) is 38.3 Å². The first-order valence-electron chi connectivity index (χ1n) is 6.82. The van der Waals surface area contributed by atoms with Crippen LogP contribution in [0.25, 0.3) is 0 Å². The van der Waals surface area contributed by atoms with Crippen molar-refractivity contribution in [2.24, 2.45) is 0 Å². The lowest BCUT2D eigenvalue weighted by Gasteiger charge is -2.12. The summed E-state index contributed by atoms with van der Waals surface area (Å²) in [6.07, 6.45) is 0.880. The summed E-state index contributed by atoms with van der Waals surface area (Å²) < 4.78 is 5.80. The number of amides is 1. The van der Waals surface area contributed by atoms with Crippen LogP contribution in [0.5, 0.6) is 5.75 Å². The van der Waals surface area contributed by atoms with Crippen molar-refractivity contribution in [1.29, 1.82) is 0 Å². The normalized spacial score (nSPS) is 16.4. The molecule has 3 nitrogen and oxygen atoms in total. The van der Waals surface area contributed by atoms with Crippen LogP contribution in [-0.2, 0) is 6.42 Å². The molecule has 2 aromatic carbocycles. The smallest absolute Gasteiger partial charge is 0.251 e. The number of rotatable bonds is 3. The van der Waals surface area contributed by atoms with Gasteiger partial charge in [-0.3, -0.25) is 4.79 Å². The lowest BCUT2D eigenvalue weighted by atomic mass is 10.1. The third kappa shape index (κ3) is 2.67. The maximum atomic E-state index is 12.1. The first kappa shape index (κ1) is 12.7. The van der Waals surface area contributed by atoms with Gasteiger partial charge < -0.3 is 10.1 Å². The predicted molar refractivity (Wildman–Crippen MR) is 78.1 cm³/mol. The van der Waals surface area contributed by atoms with E-state index in [0.717, 1.165) is 17.7 Å². The van der Waals surface area contributed by atoms with E-state index >= 15 is 0 Å². The van der Waals surface area contributed by atoms with E-state index in [9.17, 15) is 4.79 Å². The molecule has 0 radical (unpaired) electrons. The summed E-state index contributed by atoms with van der Waals surface area (Å²) in [4.78, 5) is 12.1. The number of hydrogen-bond donors (Lipinski definition) is 1. The Kier molecular flexibility index (Phi) is 3.42. The summed E-state index contributed by atoms with van der Waals surface area (Å²) in [7, 11) is 0. The molecule has 2 aromatic rings. The van der Waals surface area contributed by atoms with Gasteiger partial charge >= 0.3 is 0 Å². The second-order valence-corrected chi connectivity index (χ2v) is 5.13. The van der Waals surface area contributed by atoms with E-state index in [-0.39, 0.29) is 12.0 Å². The molecule has 0 saturated carbocycles. The Morgan fingerprint density at radius 1 is 1.25 bits per heavy atom. The largest absolute Gasteiger partial charge is 0.488 e. The van der Waals surface area contributed by atoms with E-state index < -0.39 is 0 Å². The van der Waals surface area contributed by atoms with Crippen LogP contribution in [0.1, 0.15) is 21.5 Å². The molecule has 0 spiro atoms. The van der Waals surface area contributed by atoms with Crippen LogP contribution in [0.2, 0.25) is 0 Å². The average molecular weight is 267 g/mol. The van der Waals surface area contributed by atoms with Crippen LogP contribution in [-0.4, -0.2) is 18.6 Å². The lowest BCUT2D eigenvalue weighted by Crippen LogP contribution is -2.34. The van der Waals surface area contributed by atoms with Crippen molar-refractivity contribution in [3.63, 3.8) is 0 Å². The molecule has 1 atom stereocenters. The quantitative estimate of drug-likeness (QED) is 0.928. The van der Waals surface area contributed by atoms with Gasteiger partial charge in [0.05, 0.1) is 6.54 Å². The molecule has 20 heavy (non-hydrogen) atoms. The molecular weight excluding hydrogens is 250 g/mol. The summed E-state index contributed by atoms with van der Waals surface area (Å²) in [5, 5.41) is 2.94. The molecule has 0 aliphatic carbocycles. The number of para-hydroxylation sites is 1. The van der Waals surface area contributed by atoms with E-state index in [0.29, 0.717) is 12.1 Å². The fourth-order valence-electron chi connectivity index (χ4n) is 2.46. The number of aryl methyl sites for hydroxylation is 1. The summed E-state index contributed by atoms with van der Waals surface area (Å²) in [6, 6.07) is 15.6. The highest BCUT2D eigenvalue weighted by Crippen LogP contribution is 2.27. The van der Waals surface area contributed by atoms with Gasteiger partial charge in [0.1, 0.15) is 11.9 Å². The van der Waals surface area contributed by atoms with Gasteiger partial charge in [0.2, 0.25) is 0 Å². The lowest BCUT2D eigenvalue weighted by molar-refractivity contribution is 0.0933. The van der Waals surface area contributed by atoms with Crippen molar-refractivity contribution in [1.82, 2.24) is 5.32 Å². The minimum atomic E-state index is -0.0479. The molecule has 0 aromatic heterocycles. The van der Waals surface area contributed by atoms with Gasteiger partial charge in [-0.15, -0.1) is 0 Å². The van der Waals surface area contributed by atoms with E-state index in [2.05, 4.69) is 11.4 Å². The van der Waals surface area contributed by atoms with Crippen LogP contribution < -0.4 is 10.1 Å². The molecule has 102 valence electrons. The molecule has 1 aliphatic rings. The minimum absolute atomic E-state index is 0.0289. The molecule has 1 heterocycles. The molecule has 1 unspecified atom stereocenters. The SMILES string of the molecule is Cc1cccc(C(=O)NCC2Cc3ccccc3O2)c1. The summed E-state index contributed by atoms with van der Waals surface area (Å²) in [5.41, 5.74) is 2.99. The average Bonchev–Trinajstić information content (AvgIpc) is 2.87. The van der Waals surface area contributed by atoms with Crippen LogP contribution >= 0.6 is 0 Å². The van der Waals surface area contributed by atoms with Crippen molar-refractivity contribution in [3.8, 4) is 5.75 Å². The second kappa shape index (κ2) is 5.37. The van der Waals surface area contributed by atoms with Crippen molar-refractivity contribution in [2.45, 2.75) is 19.4 Å². The van der Waals surface area contributed by atoms with E-state index in [1.165, 1.54) is 5.56 Å². The third-order valence-corrected chi connectivity index (χ3v) is 3.48. The first-order chi connectivity index (χ1) is 9.72. The Hall–Kier alpha value is -2.29. The van der Waals surface area contributed by atoms with Gasteiger partial charge in [-0.1, -0.05) is 35.9 Å². The van der Waals surface area contributed by atoms with Crippen LogP contribution in [0.4, 0.5) is 0 Å². The monoisotopic (exact) mass is 267 g/mol. The van der Waals surface area contributed by atoms with Crippen LogP contribution in [0.3, 0.4) is 0 Å². The summed E-state index contributed by atoms with van der Waals surface area (Å²) in [6.45, 7) is 2.51. The maximum Gasteiger partial charge on any atom is 0.251 e. The van der Waals surface area contributed by atoms with Gasteiger partial charge in [0, 0.05) is 12.0 Å². The van der Waals surface area contributed by atoms with Crippen molar-refractivity contribution < 1.29 is 9.53 Å². The maximum absolute atomic E-state index is 12.1. The number of carbonyl (C=O) groups excluding carboxylic acids is 1. The number of nitrogens with one attached hydrogen (secondary N) is 1. The Bertz CT molecular complexity index is 611. The minimum Gasteiger partial charge on any atom is -0.488 e. The molecule has 3 rings (SSSR count). The number of ether oxygens (including phenoxy) is 1. The van der Waals surface area contributed by atoms with Gasteiger partial charge in [0.25, 0.3) is 5.91 Å². The molecule has 1 amide bonds. The Morgan fingerprint density at radius 3 is 2.90 bits per heavy atom. The third-order valence-electron chi connectivity index (χ3n) is 3.48. The predicted octanol–water partition coefficient (Wildman–Crippen LogP) is 2.73. The Balaban J connectivity index is 1.58. The molecule has 0 fully saturated rings.